The lowest BCUT2D eigenvalue weighted by atomic mass is 9.98. The monoisotopic (exact) mass is 444 g/mol. The molecule has 0 aromatic rings. The molecule has 0 spiro atoms. The summed E-state index contributed by atoms with van der Waals surface area (Å²) in [6.07, 6.45) is 13.6. The summed E-state index contributed by atoms with van der Waals surface area (Å²) in [6.45, 7) is 7.05. The van der Waals surface area contributed by atoms with E-state index in [1.54, 1.807) is 0 Å². The summed E-state index contributed by atoms with van der Waals surface area (Å²) in [5, 5.41) is 30.2. The van der Waals surface area contributed by atoms with Crippen molar-refractivity contribution in [1.82, 2.24) is 0 Å². The molecule has 0 aliphatic rings. The minimum atomic E-state index is -0.847. The van der Waals surface area contributed by atoms with Crippen LogP contribution < -0.4 is 0 Å². The molecule has 0 fully saturated rings. The summed E-state index contributed by atoms with van der Waals surface area (Å²) >= 11 is 0. The van der Waals surface area contributed by atoms with Gasteiger partial charge in [0.1, 0.15) is 0 Å². The highest BCUT2D eigenvalue weighted by atomic mass is 16.5. The van der Waals surface area contributed by atoms with Crippen LogP contribution in [0.2, 0.25) is 0 Å². The molecule has 5 heteroatoms. The van der Waals surface area contributed by atoms with Crippen molar-refractivity contribution in [3.05, 3.63) is 0 Å². The Morgan fingerprint density at radius 2 is 1.32 bits per heavy atom. The van der Waals surface area contributed by atoms with Crippen molar-refractivity contribution < 1.29 is 24.9 Å². The SMILES string of the molecule is CCCCCCC(O)CC(O)C(O)CCCCCCCC(=O)OCC(CC)CCCC. The lowest BCUT2D eigenvalue weighted by Gasteiger charge is -2.20. The molecule has 0 heterocycles. The Labute approximate surface area is 192 Å². The predicted octanol–water partition coefficient (Wildman–Crippen LogP) is 5.92. The van der Waals surface area contributed by atoms with Gasteiger partial charge in [0.15, 0.2) is 0 Å². The molecule has 0 aliphatic heterocycles. The van der Waals surface area contributed by atoms with Crippen LogP contribution in [0, 0.1) is 5.92 Å². The molecule has 186 valence electrons. The minimum absolute atomic E-state index is 0.0817. The first-order chi connectivity index (χ1) is 14.9. The Balaban J connectivity index is 3.66. The van der Waals surface area contributed by atoms with Gasteiger partial charge in [-0.3, -0.25) is 4.79 Å². The third-order valence-electron chi connectivity index (χ3n) is 6.25. The van der Waals surface area contributed by atoms with Gasteiger partial charge < -0.3 is 20.1 Å². The fourth-order valence-electron chi connectivity index (χ4n) is 3.89. The number of carbonyl (C=O) groups is 1. The number of rotatable bonds is 22. The summed E-state index contributed by atoms with van der Waals surface area (Å²) in [5.74, 6) is 0.412. The molecular weight excluding hydrogens is 392 g/mol. The molecule has 0 aromatic carbocycles. The molecule has 5 nitrogen and oxygen atoms in total. The topological polar surface area (TPSA) is 87.0 Å². The first-order valence-corrected chi connectivity index (χ1v) is 13.1. The standard InChI is InChI=1S/C26H52O5/c1-4-7-9-13-17-23(27)20-25(29)24(28)18-14-11-10-12-15-19-26(30)31-21-22(6-3)16-8-5-2/h22-25,27-29H,4-21H2,1-3H3. The molecule has 0 aromatic heterocycles. The van der Waals surface area contributed by atoms with Gasteiger partial charge in [-0.05, 0) is 31.6 Å². The molecule has 31 heavy (non-hydrogen) atoms. The molecule has 0 bridgehead atoms. The molecule has 0 saturated carbocycles. The number of unbranched alkanes of at least 4 members (excludes halogenated alkanes) is 8. The van der Waals surface area contributed by atoms with E-state index in [4.69, 9.17) is 4.74 Å². The molecule has 4 atom stereocenters. The van der Waals surface area contributed by atoms with Crippen molar-refractivity contribution in [2.75, 3.05) is 6.61 Å². The maximum Gasteiger partial charge on any atom is 0.305 e. The van der Waals surface area contributed by atoms with Crippen LogP contribution in [0.4, 0.5) is 0 Å². The highest BCUT2D eigenvalue weighted by molar-refractivity contribution is 5.69. The zero-order valence-corrected chi connectivity index (χ0v) is 20.7. The Morgan fingerprint density at radius 1 is 0.710 bits per heavy atom. The van der Waals surface area contributed by atoms with Gasteiger partial charge in [-0.15, -0.1) is 0 Å². The highest BCUT2D eigenvalue weighted by Crippen LogP contribution is 2.16. The van der Waals surface area contributed by atoms with Gasteiger partial charge in [0.2, 0.25) is 0 Å². The zero-order valence-electron chi connectivity index (χ0n) is 20.7. The van der Waals surface area contributed by atoms with Crippen molar-refractivity contribution in [2.24, 2.45) is 5.92 Å². The van der Waals surface area contributed by atoms with Crippen LogP contribution >= 0.6 is 0 Å². The molecular formula is C26H52O5. The van der Waals surface area contributed by atoms with E-state index in [0.29, 0.717) is 31.8 Å². The summed E-state index contributed by atoms with van der Waals surface area (Å²) in [7, 11) is 0. The number of ether oxygens (including phenoxy) is 1. The maximum atomic E-state index is 11.9. The van der Waals surface area contributed by atoms with Crippen LogP contribution in [-0.4, -0.2) is 46.2 Å². The number of aliphatic hydroxyl groups is 3. The second-order valence-corrected chi connectivity index (χ2v) is 9.28. The Bertz CT molecular complexity index is 401. The maximum absolute atomic E-state index is 11.9. The molecule has 0 rings (SSSR count). The van der Waals surface area contributed by atoms with Gasteiger partial charge >= 0.3 is 5.97 Å². The van der Waals surface area contributed by atoms with Crippen LogP contribution in [0.5, 0.6) is 0 Å². The number of aliphatic hydroxyl groups excluding tert-OH is 3. The van der Waals surface area contributed by atoms with Gasteiger partial charge in [0.05, 0.1) is 24.9 Å². The first-order valence-electron chi connectivity index (χ1n) is 13.1. The van der Waals surface area contributed by atoms with Gasteiger partial charge in [-0.1, -0.05) is 91.4 Å². The van der Waals surface area contributed by atoms with E-state index in [2.05, 4.69) is 20.8 Å². The van der Waals surface area contributed by atoms with E-state index in [0.717, 1.165) is 57.8 Å². The molecule has 3 N–H and O–H groups in total. The number of carbonyl (C=O) groups excluding carboxylic acids is 1. The zero-order chi connectivity index (χ0) is 23.3. The highest BCUT2D eigenvalue weighted by Gasteiger charge is 2.19. The third-order valence-corrected chi connectivity index (χ3v) is 6.25. The Morgan fingerprint density at radius 3 is 2.00 bits per heavy atom. The molecule has 0 saturated heterocycles. The van der Waals surface area contributed by atoms with E-state index >= 15 is 0 Å². The Kier molecular flexibility index (Phi) is 20.8. The van der Waals surface area contributed by atoms with Crippen LogP contribution in [0.25, 0.3) is 0 Å². The minimum Gasteiger partial charge on any atom is -0.465 e. The lowest BCUT2D eigenvalue weighted by molar-refractivity contribution is -0.145. The van der Waals surface area contributed by atoms with E-state index < -0.39 is 18.3 Å². The van der Waals surface area contributed by atoms with Gasteiger partial charge in [0, 0.05) is 12.8 Å². The Hall–Kier alpha value is -0.650. The summed E-state index contributed by atoms with van der Waals surface area (Å²) in [5.41, 5.74) is 0. The molecule has 0 radical (unpaired) electrons. The van der Waals surface area contributed by atoms with E-state index in [1.807, 2.05) is 0 Å². The second-order valence-electron chi connectivity index (χ2n) is 9.28. The average molecular weight is 445 g/mol. The fraction of sp³-hybridized carbons (Fsp3) is 0.962. The smallest absolute Gasteiger partial charge is 0.305 e. The first kappa shape index (κ1) is 30.4. The normalized spacial score (nSPS) is 15.4. The van der Waals surface area contributed by atoms with Gasteiger partial charge in [0.25, 0.3) is 0 Å². The molecule has 4 unspecified atom stereocenters. The lowest BCUT2D eigenvalue weighted by Crippen LogP contribution is -2.30. The van der Waals surface area contributed by atoms with Crippen molar-refractivity contribution in [2.45, 2.75) is 148 Å². The van der Waals surface area contributed by atoms with E-state index in [-0.39, 0.29) is 12.4 Å². The summed E-state index contributed by atoms with van der Waals surface area (Å²) in [6, 6.07) is 0. The molecule has 0 amide bonds. The quantitative estimate of drug-likeness (QED) is 0.142. The van der Waals surface area contributed by atoms with Crippen molar-refractivity contribution in [3.63, 3.8) is 0 Å². The second kappa shape index (κ2) is 21.2. The van der Waals surface area contributed by atoms with Gasteiger partial charge in [-0.25, -0.2) is 0 Å². The fourth-order valence-corrected chi connectivity index (χ4v) is 3.89. The predicted molar refractivity (Wildman–Crippen MR) is 128 cm³/mol. The number of hydrogen-bond donors (Lipinski definition) is 3. The van der Waals surface area contributed by atoms with Crippen molar-refractivity contribution >= 4 is 5.97 Å². The number of esters is 1. The largest absolute Gasteiger partial charge is 0.465 e. The van der Waals surface area contributed by atoms with Crippen LogP contribution in [0.1, 0.15) is 130 Å². The molecule has 0 aliphatic carbocycles. The van der Waals surface area contributed by atoms with E-state index in [9.17, 15) is 20.1 Å². The summed E-state index contributed by atoms with van der Waals surface area (Å²) in [4.78, 5) is 11.9. The van der Waals surface area contributed by atoms with Crippen LogP contribution in [-0.2, 0) is 9.53 Å². The van der Waals surface area contributed by atoms with Crippen molar-refractivity contribution in [3.8, 4) is 0 Å². The average Bonchev–Trinajstić information content (AvgIpc) is 2.75. The summed E-state index contributed by atoms with van der Waals surface area (Å²) < 4.78 is 5.43. The van der Waals surface area contributed by atoms with Gasteiger partial charge in [-0.2, -0.15) is 0 Å². The third kappa shape index (κ3) is 18.6. The van der Waals surface area contributed by atoms with Crippen molar-refractivity contribution in [1.29, 1.82) is 0 Å². The van der Waals surface area contributed by atoms with E-state index in [1.165, 1.54) is 25.7 Å². The van der Waals surface area contributed by atoms with Crippen LogP contribution in [0.3, 0.4) is 0 Å². The van der Waals surface area contributed by atoms with Crippen LogP contribution in [0.15, 0.2) is 0 Å². The number of hydrogen-bond acceptors (Lipinski definition) is 5.